The van der Waals surface area contributed by atoms with Gasteiger partial charge in [-0.25, -0.2) is 9.67 Å². The Hall–Kier alpha value is -3.42. The third-order valence-electron chi connectivity index (χ3n) is 5.40. The van der Waals surface area contributed by atoms with Crippen molar-refractivity contribution >= 4 is 5.96 Å². The van der Waals surface area contributed by atoms with Gasteiger partial charge in [-0.3, -0.25) is 5.41 Å². The summed E-state index contributed by atoms with van der Waals surface area (Å²) >= 11 is 0. The zero-order valence-corrected chi connectivity index (χ0v) is 17.6. The lowest BCUT2D eigenvalue weighted by Gasteiger charge is -2.32. The van der Waals surface area contributed by atoms with Crippen molar-refractivity contribution in [1.82, 2.24) is 24.9 Å². The van der Waals surface area contributed by atoms with Gasteiger partial charge in [0.05, 0.1) is 17.4 Å². The molecule has 30 heavy (non-hydrogen) atoms. The van der Waals surface area contributed by atoms with Crippen molar-refractivity contribution in [3.05, 3.63) is 53.2 Å². The summed E-state index contributed by atoms with van der Waals surface area (Å²) in [5.41, 5.74) is 10.4. The highest BCUT2D eigenvalue weighted by Crippen LogP contribution is 2.30. The molecule has 3 N–H and O–H groups in total. The van der Waals surface area contributed by atoms with Gasteiger partial charge in [0.1, 0.15) is 11.4 Å². The number of ether oxygens (including phenoxy) is 1. The molecule has 1 aliphatic heterocycles. The number of aryl methyl sites for hydroxylation is 3. The number of likely N-dealkylation sites (tertiary alicyclic amines) is 1. The second-order valence-corrected chi connectivity index (χ2v) is 7.86. The van der Waals surface area contributed by atoms with E-state index in [4.69, 9.17) is 20.9 Å². The molecular formula is C22H27N7O. The molecule has 4 rings (SSSR count). The van der Waals surface area contributed by atoms with Gasteiger partial charge in [-0.15, -0.1) is 5.10 Å². The zero-order valence-electron chi connectivity index (χ0n) is 17.6. The van der Waals surface area contributed by atoms with Gasteiger partial charge >= 0.3 is 0 Å². The lowest BCUT2D eigenvalue weighted by atomic mass is 10.0. The number of benzene rings is 1. The lowest BCUT2D eigenvalue weighted by molar-refractivity contribution is 0.250. The van der Waals surface area contributed by atoms with Crippen molar-refractivity contribution < 1.29 is 4.74 Å². The maximum Gasteiger partial charge on any atom is 0.219 e. The molecular weight excluding hydrogens is 378 g/mol. The van der Waals surface area contributed by atoms with Crippen LogP contribution in [0.25, 0.3) is 11.4 Å². The molecule has 1 fully saturated rings. The molecule has 0 bridgehead atoms. The quantitative estimate of drug-likeness (QED) is 0.508. The van der Waals surface area contributed by atoms with Gasteiger partial charge in [-0.2, -0.15) is 0 Å². The number of pyridine rings is 1. The van der Waals surface area contributed by atoms with E-state index in [0.29, 0.717) is 5.88 Å². The first kappa shape index (κ1) is 19.9. The summed E-state index contributed by atoms with van der Waals surface area (Å²) in [6.07, 6.45) is 1.71. The predicted octanol–water partition coefficient (Wildman–Crippen LogP) is 3.59. The highest BCUT2D eigenvalue weighted by atomic mass is 16.5. The molecule has 156 valence electrons. The van der Waals surface area contributed by atoms with Crippen LogP contribution in [-0.4, -0.2) is 43.9 Å². The van der Waals surface area contributed by atoms with Crippen LogP contribution in [0.15, 0.2) is 36.4 Å². The van der Waals surface area contributed by atoms with E-state index >= 15 is 0 Å². The Kier molecular flexibility index (Phi) is 5.39. The van der Waals surface area contributed by atoms with Crippen molar-refractivity contribution in [3.63, 3.8) is 0 Å². The van der Waals surface area contributed by atoms with Crippen LogP contribution in [0.4, 0.5) is 0 Å². The fraction of sp³-hybridized carbons (Fsp3) is 0.364. The van der Waals surface area contributed by atoms with Gasteiger partial charge in [0, 0.05) is 19.2 Å². The highest BCUT2D eigenvalue weighted by Gasteiger charge is 2.26. The fourth-order valence-corrected chi connectivity index (χ4v) is 4.00. The number of guanidine groups is 1. The summed E-state index contributed by atoms with van der Waals surface area (Å²) in [4.78, 5) is 6.63. The molecule has 0 unspecified atom stereocenters. The minimum atomic E-state index is 0.126. The highest BCUT2D eigenvalue weighted by molar-refractivity contribution is 5.74. The van der Waals surface area contributed by atoms with E-state index in [2.05, 4.69) is 30.2 Å². The lowest BCUT2D eigenvalue weighted by Crippen LogP contribution is -2.42. The van der Waals surface area contributed by atoms with Gasteiger partial charge in [0.15, 0.2) is 5.96 Å². The van der Waals surface area contributed by atoms with E-state index in [-0.39, 0.29) is 12.0 Å². The van der Waals surface area contributed by atoms with Gasteiger partial charge in [0.25, 0.3) is 0 Å². The Morgan fingerprint density at radius 2 is 1.80 bits per heavy atom. The smallest absolute Gasteiger partial charge is 0.219 e. The predicted molar refractivity (Wildman–Crippen MR) is 116 cm³/mol. The summed E-state index contributed by atoms with van der Waals surface area (Å²) in [6, 6.07) is 12.1. The maximum absolute atomic E-state index is 7.63. The Bertz CT molecular complexity index is 1050. The Morgan fingerprint density at radius 1 is 1.10 bits per heavy atom. The molecule has 1 saturated heterocycles. The summed E-state index contributed by atoms with van der Waals surface area (Å²) in [5.74, 6) is 1.44. The first-order chi connectivity index (χ1) is 14.4. The van der Waals surface area contributed by atoms with Crippen LogP contribution in [0.3, 0.4) is 0 Å². The number of aromatic nitrogens is 4. The molecule has 8 heteroatoms. The van der Waals surface area contributed by atoms with E-state index in [9.17, 15) is 0 Å². The van der Waals surface area contributed by atoms with Gasteiger partial charge in [-0.05, 0) is 62.9 Å². The minimum Gasteiger partial charge on any atom is -0.439 e. The molecule has 0 radical (unpaired) electrons. The van der Waals surface area contributed by atoms with Crippen LogP contribution >= 0.6 is 0 Å². The summed E-state index contributed by atoms with van der Waals surface area (Å²) in [7, 11) is 0. The topological polar surface area (TPSA) is 106 Å². The molecule has 2 aromatic heterocycles. The van der Waals surface area contributed by atoms with E-state index < -0.39 is 0 Å². The van der Waals surface area contributed by atoms with Crippen molar-refractivity contribution in [2.45, 2.75) is 39.7 Å². The molecule has 1 aliphatic rings. The average Bonchev–Trinajstić information content (AvgIpc) is 3.09. The van der Waals surface area contributed by atoms with Crippen LogP contribution in [-0.2, 0) is 0 Å². The van der Waals surface area contributed by atoms with E-state index in [0.717, 1.165) is 59.9 Å². The normalized spacial score (nSPS) is 14.7. The van der Waals surface area contributed by atoms with Crippen LogP contribution in [0.1, 0.15) is 35.7 Å². The minimum absolute atomic E-state index is 0.126. The zero-order chi connectivity index (χ0) is 21.3. The molecule has 1 aromatic carbocycles. The molecule has 0 atom stereocenters. The van der Waals surface area contributed by atoms with E-state index in [1.165, 1.54) is 0 Å². The van der Waals surface area contributed by atoms with Crippen LogP contribution in [0, 0.1) is 26.2 Å². The number of hydrogen-bond acceptors (Lipinski definition) is 5. The van der Waals surface area contributed by atoms with Crippen LogP contribution in [0.5, 0.6) is 11.6 Å². The molecule has 0 spiro atoms. The second-order valence-electron chi connectivity index (χ2n) is 7.86. The first-order valence-electron chi connectivity index (χ1n) is 10.1. The Labute approximate surface area is 176 Å². The van der Waals surface area contributed by atoms with Gasteiger partial charge in [-0.1, -0.05) is 17.3 Å². The molecule has 3 heterocycles. The molecule has 0 saturated carbocycles. The van der Waals surface area contributed by atoms with E-state index in [1.54, 1.807) is 0 Å². The molecule has 3 aromatic rings. The largest absolute Gasteiger partial charge is 0.439 e. The van der Waals surface area contributed by atoms with Crippen molar-refractivity contribution in [2.24, 2.45) is 5.73 Å². The number of nitrogens with zero attached hydrogens (tertiary/aromatic N) is 5. The second kappa shape index (κ2) is 8.14. The number of hydrogen-bond donors (Lipinski definition) is 2. The number of piperidine rings is 1. The first-order valence-corrected chi connectivity index (χ1v) is 10.1. The maximum atomic E-state index is 7.63. The summed E-state index contributed by atoms with van der Waals surface area (Å²) in [6.45, 7) is 7.52. The number of nitrogens with two attached hydrogens (primary N) is 1. The SMILES string of the molecule is Cc1cc(C)cc(Oc2cccc(-c3c(C)nnn3C3CCN(C(=N)N)CC3)n2)c1. The van der Waals surface area contributed by atoms with Crippen molar-refractivity contribution in [3.8, 4) is 23.0 Å². The third-order valence-corrected chi connectivity index (χ3v) is 5.40. The fourth-order valence-electron chi connectivity index (χ4n) is 4.00. The number of nitrogens with one attached hydrogen (secondary N) is 1. The average molecular weight is 406 g/mol. The van der Waals surface area contributed by atoms with Crippen LogP contribution in [0.2, 0.25) is 0 Å². The number of rotatable bonds is 4. The Balaban J connectivity index is 1.60. The summed E-state index contributed by atoms with van der Waals surface area (Å²) < 4.78 is 8.01. The van der Waals surface area contributed by atoms with Crippen LogP contribution < -0.4 is 10.5 Å². The van der Waals surface area contributed by atoms with E-state index in [1.807, 2.05) is 46.8 Å². The molecule has 0 aliphatic carbocycles. The standard InChI is InChI=1S/C22H27N7O/c1-14-11-15(2)13-18(12-14)30-20-6-4-5-19(25-20)21-16(3)26-27-29(21)17-7-9-28(10-8-17)22(23)24/h4-6,11-13,17H,7-10H2,1-3H3,(H3,23,24). The van der Waals surface area contributed by atoms with Gasteiger partial charge < -0.3 is 15.4 Å². The summed E-state index contributed by atoms with van der Waals surface area (Å²) in [5, 5.41) is 16.3. The monoisotopic (exact) mass is 405 g/mol. The Morgan fingerprint density at radius 3 is 2.47 bits per heavy atom. The van der Waals surface area contributed by atoms with Gasteiger partial charge in [0.2, 0.25) is 5.88 Å². The molecule has 0 amide bonds. The molecule has 8 nitrogen and oxygen atoms in total. The van der Waals surface area contributed by atoms with Crippen molar-refractivity contribution in [1.29, 1.82) is 5.41 Å². The third kappa shape index (κ3) is 4.12. The van der Waals surface area contributed by atoms with Crippen molar-refractivity contribution in [2.75, 3.05) is 13.1 Å².